The molecule has 3 N–H and O–H groups in total. The molecule has 98 valence electrons. The van der Waals surface area contributed by atoms with Crippen molar-refractivity contribution in [3.05, 3.63) is 29.6 Å². The molecule has 1 unspecified atom stereocenters. The second-order valence-corrected chi connectivity index (χ2v) is 4.87. The van der Waals surface area contributed by atoms with Crippen LogP contribution in [0.15, 0.2) is 18.2 Å². The fourth-order valence-corrected chi connectivity index (χ4v) is 2.11. The van der Waals surface area contributed by atoms with Gasteiger partial charge >= 0.3 is 0 Å². The van der Waals surface area contributed by atoms with E-state index in [2.05, 4.69) is 5.32 Å². The predicted molar refractivity (Wildman–Crippen MR) is 66.7 cm³/mol. The number of ether oxygens (including phenoxy) is 1. The highest BCUT2D eigenvalue weighted by molar-refractivity contribution is 5.99. The Morgan fingerprint density at radius 3 is 3.00 bits per heavy atom. The molecule has 0 spiro atoms. The lowest BCUT2D eigenvalue weighted by molar-refractivity contribution is 0.0273. The maximum Gasteiger partial charge on any atom is 0.253 e. The summed E-state index contributed by atoms with van der Waals surface area (Å²) in [5, 5.41) is 2.87. The van der Waals surface area contributed by atoms with Gasteiger partial charge in [-0.25, -0.2) is 4.39 Å². The van der Waals surface area contributed by atoms with Crippen molar-refractivity contribution in [1.82, 2.24) is 5.32 Å². The summed E-state index contributed by atoms with van der Waals surface area (Å²) in [4.78, 5) is 12.1. The standard InChI is InChI=1S/C13H17FN2O2/c1-13(6-3-7-18-8-13)16-12(17)9-4-2-5-10(14)11(9)15/h2,4-5H,3,6-8,15H2,1H3,(H,16,17). The fourth-order valence-electron chi connectivity index (χ4n) is 2.11. The van der Waals surface area contributed by atoms with Crippen LogP contribution < -0.4 is 11.1 Å². The normalized spacial score (nSPS) is 23.7. The van der Waals surface area contributed by atoms with Gasteiger partial charge in [-0.05, 0) is 31.9 Å². The second-order valence-electron chi connectivity index (χ2n) is 4.87. The number of benzene rings is 1. The third-order valence-corrected chi connectivity index (χ3v) is 3.15. The average Bonchev–Trinajstić information content (AvgIpc) is 2.33. The summed E-state index contributed by atoms with van der Waals surface area (Å²) >= 11 is 0. The molecule has 1 fully saturated rings. The van der Waals surface area contributed by atoms with Gasteiger partial charge in [-0.2, -0.15) is 0 Å². The van der Waals surface area contributed by atoms with E-state index in [4.69, 9.17) is 10.5 Å². The van der Waals surface area contributed by atoms with Crippen molar-refractivity contribution in [3.8, 4) is 0 Å². The molecule has 1 saturated heterocycles. The Bertz CT molecular complexity index is 456. The molecule has 1 aliphatic heterocycles. The molecule has 1 amide bonds. The van der Waals surface area contributed by atoms with Crippen molar-refractivity contribution < 1.29 is 13.9 Å². The van der Waals surface area contributed by atoms with E-state index in [-0.39, 0.29) is 17.2 Å². The van der Waals surface area contributed by atoms with Crippen LogP contribution in [0.5, 0.6) is 0 Å². The first-order valence-corrected chi connectivity index (χ1v) is 5.96. The smallest absolute Gasteiger partial charge is 0.253 e. The maximum absolute atomic E-state index is 13.3. The number of hydrogen-bond donors (Lipinski definition) is 2. The monoisotopic (exact) mass is 252 g/mol. The van der Waals surface area contributed by atoms with Gasteiger partial charge in [0.1, 0.15) is 5.82 Å². The van der Waals surface area contributed by atoms with Gasteiger partial charge in [-0.3, -0.25) is 4.79 Å². The van der Waals surface area contributed by atoms with E-state index in [0.29, 0.717) is 13.2 Å². The molecule has 5 heteroatoms. The van der Waals surface area contributed by atoms with Crippen molar-refractivity contribution >= 4 is 11.6 Å². The fraction of sp³-hybridized carbons (Fsp3) is 0.462. The van der Waals surface area contributed by atoms with E-state index in [1.165, 1.54) is 18.2 Å². The van der Waals surface area contributed by atoms with E-state index >= 15 is 0 Å². The molecule has 0 aliphatic carbocycles. The Labute approximate surface area is 105 Å². The molecule has 4 nitrogen and oxygen atoms in total. The molecule has 1 aromatic rings. The largest absolute Gasteiger partial charge is 0.396 e. The summed E-state index contributed by atoms with van der Waals surface area (Å²) in [7, 11) is 0. The number of anilines is 1. The molecule has 0 radical (unpaired) electrons. The zero-order chi connectivity index (χ0) is 13.2. The lowest BCUT2D eigenvalue weighted by Gasteiger charge is -2.34. The Morgan fingerprint density at radius 2 is 2.33 bits per heavy atom. The summed E-state index contributed by atoms with van der Waals surface area (Å²) < 4.78 is 18.6. The summed E-state index contributed by atoms with van der Waals surface area (Å²) in [6.07, 6.45) is 1.74. The van der Waals surface area contributed by atoms with Crippen LogP contribution in [-0.4, -0.2) is 24.7 Å². The van der Waals surface area contributed by atoms with Crippen molar-refractivity contribution in [2.24, 2.45) is 0 Å². The van der Waals surface area contributed by atoms with Crippen molar-refractivity contribution in [2.45, 2.75) is 25.3 Å². The Hall–Kier alpha value is -1.62. The highest BCUT2D eigenvalue weighted by Gasteiger charge is 2.30. The molecule has 1 aliphatic rings. The van der Waals surface area contributed by atoms with E-state index in [9.17, 15) is 9.18 Å². The van der Waals surface area contributed by atoms with Crippen LogP contribution in [0.1, 0.15) is 30.1 Å². The van der Waals surface area contributed by atoms with Gasteiger partial charge in [0.05, 0.1) is 23.4 Å². The van der Waals surface area contributed by atoms with Gasteiger partial charge in [-0.15, -0.1) is 0 Å². The number of hydrogen-bond acceptors (Lipinski definition) is 3. The van der Waals surface area contributed by atoms with Crippen LogP contribution >= 0.6 is 0 Å². The molecular formula is C13H17FN2O2. The molecule has 1 atom stereocenters. The molecule has 0 bridgehead atoms. The molecular weight excluding hydrogens is 235 g/mol. The van der Waals surface area contributed by atoms with Crippen LogP contribution in [0.3, 0.4) is 0 Å². The first kappa shape index (κ1) is 12.8. The molecule has 0 aromatic heterocycles. The van der Waals surface area contributed by atoms with Gasteiger partial charge in [0.2, 0.25) is 0 Å². The number of carbonyl (C=O) groups excluding carboxylic acids is 1. The number of halogens is 1. The Morgan fingerprint density at radius 1 is 1.56 bits per heavy atom. The van der Waals surface area contributed by atoms with Crippen LogP contribution in [0.4, 0.5) is 10.1 Å². The van der Waals surface area contributed by atoms with E-state index in [0.717, 1.165) is 12.8 Å². The minimum absolute atomic E-state index is 0.115. The third-order valence-electron chi connectivity index (χ3n) is 3.15. The second kappa shape index (κ2) is 4.94. The first-order chi connectivity index (χ1) is 8.52. The van der Waals surface area contributed by atoms with E-state index < -0.39 is 11.4 Å². The Kier molecular flexibility index (Phi) is 3.52. The summed E-state index contributed by atoms with van der Waals surface area (Å²) in [6, 6.07) is 4.22. The van der Waals surface area contributed by atoms with Crippen molar-refractivity contribution in [1.29, 1.82) is 0 Å². The van der Waals surface area contributed by atoms with Gasteiger partial charge in [-0.1, -0.05) is 6.07 Å². The SMILES string of the molecule is CC1(NC(=O)c2cccc(F)c2N)CCCOC1. The lowest BCUT2D eigenvalue weighted by Crippen LogP contribution is -2.51. The first-order valence-electron chi connectivity index (χ1n) is 5.96. The quantitative estimate of drug-likeness (QED) is 0.787. The molecule has 18 heavy (non-hydrogen) atoms. The van der Waals surface area contributed by atoms with Crippen molar-refractivity contribution in [2.75, 3.05) is 18.9 Å². The van der Waals surface area contributed by atoms with E-state index in [1.54, 1.807) is 0 Å². The number of rotatable bonds is 2. The van der Waals surface area contributed by atoms with Crippen LogP contribution in [0, 0.1) is 5.82 Å². The van der Waals surface area contributed by atoms with E-state index in [1.807, 2.05) is 6.92 Å². The van der Waals surface area contributed by atoms with Crippen LogP contribution in [-0.2, 0) is 4.74 Å². The van der Waals surface area contributed by atoms with Crippen LogP contribution in [0.2, 0.25) is 0 Å². The molecule has 1 heterocycles. The predicted octanol–water partition coefficient (Wildman–Crippen LogP) is 1.71. The average molecular weight is 252 g/mol. The number of nitrogens with two attached hydrogens (primary N) is 1. The van der Waals surface area contributed by atoms with Crippen LogP contribution in [0.25, 0.3) is 0 Å². The minimum atomic E-state index is -0.576. The zero-order valence-electron chi connectivity index (χ0n) is 10.3. The van der Waals surface area contributed by atoms with Gasteiger partial charge in [0.25, 0.3) is 5.91 Å². The van der Waals surface area contributed by atoms with Gasteiger partial charge in [0, 0.05) is 6.61 Å². The Balaban J connectivity index is 2.14. The number of para-hydroxylation sites is 1. The summed E-state index contributed by atoms with van der Waals surface area (Å²) in [5.74, 6) is -0.937. The van der Waals surface area contributed by atoms with Crippen molar-refractivity contribution in [3.63, 3.8) is 0 Å². The molecule has 2 rings (SSSR count). The topological polar surface area (TPSA) is 64.4 Å². The summed E-state index contributed by atoms with van der Waals surface area (Å²) in [5.41, 5.74) is 5.21. The number of nitrogen functional groups attached to an aromatic ring is 1. The molecule has 0 saturated carbocycles. The number of nitrogens with one attached hydrogen (secondary N) is 1. The highest BCUT2D eigenvalue weighted by atomic mass is 19.1. The number of amides is 1. The molecule has 1 aromatic carbocycles. The third kappa shape index (κ3) is 2.61. The summed E-state index contributed by atoms with van der Waals surface area (Å²) in [6.45, 7) is 3.10. The highest BCUT2D eigenvalue weighted by Crippen LogP contribution is 2.21. The lowest BCUT2D eigenvalue weighted by atomic mass is 9.94. The maximum atomic E-state index is 13.3. The zero-order valence-corrected chi connectivity index (χ0v) is 10.3. The van der Waals surface area contributed by atoms with Gasteiger partial charge < -0.3 is 15.8 Å². The minimum Gasteiger partial charge on any atom is -0.396 e. The number of carbonyl (C=O) groups is 1. The van der Waals surface area contributed by atoms with Gasteiger partial charge in [0.15, 0.2) is 0 Å².